The summed E-state index contributed by atoms with van der Waals surface area (Å²) in [6.45, 7) is 4.49. The quantitative estimate of drug-likeness (QED) is 0.485. The van der Waals surface area contributed by atoms with Crippen LogP contribution >= 0.6 is 11.6 Å². The molecule has 1 saturated heterocycles. The fourth-order valence-electron chi connectivity index (χ4n) is 2.81. The van der Waals surface area contributed by atoms with E-state index in [0.717, 1.165) is 38.6 Å². The molecule has 1 atom stereocenters. The molecule has 0 aliphatic carbocycles. The summed E-state index contributed by atoms with van der Waals surface area (Å²) in [4.78, 5) is 21.0. The monoisotopic (exact) mass is 298 g/mol. The van der Waals surface area contributed by atoms with E-state index >= 15 is 0 Å². The topological polar surface area (TPSA) is 72.2 Å². The van der Waals surface area contributed by atoms with Gasteiger partial charge in [0, 0.05) is 12.6 Å². The molecule has 0 aromatic carbocycles. The molecule has 110 valence electrons. The average molecular weight is 299 g/mol. The Morgan fingerprint density at radius 1 is 1.40 bits per heavy atom. The lowest BCUT2D eigenvalue weighted by Gasteiger charge is -2.30. The zero-order chi connectivity index (χ0) is 14.7. The van der Waals surface area contributed by atoms with Crippen LogP contribution in [0.5, 0.6) is 0 Å². The van der Waals surface area contributed by atoms with Crippen molar-refractivity contribution >= 4 is 23.1 Å². The van der Waals surface area contributed by atoms with Gasteiger partial charge in [0.25, 0.3) is 0 Å². The van der Waals surface area contributed by atoms with Gasteiger partial charge in [-0.1, -0.05) is 19.8 Å². The van der Waals surface area contributed by atoms with E-state index in [1.165, 1.54) is 0 Å². The highest BCUT2D eigenvalue weighted by molar-refractivity contribution is 6.28. The van der Waals surface area contributed by atoms with Crippen LogP contribution in [-0.4, -0.2) is 27.5 Å². The maximum Gasteiger partial charge on any atom is 0.332 e. The Morgan fingerprint density at radius 3 is 2.80 bits per heavy atom. The Hall–Kier alpha value is -1.43. The Labute approximate surface area is 123 Å². The van der Waals surface area contributed by atoms with Crippen LogP contribution in [0.4, 0.5) is 11.5 Å². The van der Waals surface area contributed by atoms with E-state index in [1.54, 1.807) is 6.92 Å². The number of aryl methyl sites for hydroxylation is 1. The highest BCUT2D eigenvalue weighted by Gasteiger charge is 2.30. The maximum atomic E-state index is 11.3. The molecule has 20 heavy (non-hydrogen) atoms. The normalized spacial score (nSPS) is 19.8. The highest BCUT2D eigenvalue weighted by atomic mass is 35.5. The number of rotatable bonds is 3. The third kappa shape index (κ3) is 3.00. The van der Waals surface area contributed by atoms with Gasteiger partial charge in [-0.2, -0.15) is 4.98 Å². The van der Waals surface area contributed by atoms with Gasteiger partial charge in [0.05, 0.1) is 4.92 Å². The molecule has 7 heteroatoms. The zero-order valence-corrected chi connectivity index (χ0v) is 12.6. The Morgan fingerprint density at radius 2 is 2.15 bits per heavy atom. The van der Waals surface area contributed by atoms with Crippen molar-refractivity contribution in [1.29, 1.82) is 0 Å². The van der Waals surface area contributed by atoms with Crippen molar-refractivity contribution in [2.45, 2.75) is 52.0 Å². The van der Waals surface area contributed by atoms with Gasteiger partial charge in [-0.3, -0.25) is 10.1 Å². The molecular weight excluding hydrogens is 280 g/mol. The number of hydrogen-bond donors (Lipinski definition) is 0. The first-order chi connectivity index (χ1) is 9.54. The summed E-state index contributed by atoms with van der Waals surface area (Å²) >= 11 is 5.91. The lowest BCUT2D eigenvalue weighted by atomic mass is 10.1. The Kier molecular flexibility index (Phi) is 4.75. The molecule has 1 unspecified atom stereocenters. The van der Waals surface area contributed by atoms with Gasteiger partial charge >= 0.3 is 5.69 Å². The van der Waals surface area contributed by atoms with E-state index in [4.69, 9.17) is 11.6 Å². The standard InChI is InChI=1S/C13H19ClN4O2/c1-3-10-7-5-4-6-8-17(10)12-11(18(19)20)9(2)15-13(14)16-12/h10H,3-8H2,1-2H3. The molecule has 0 saturated carbocycles. The summed E-state index contributed by atoms with van der Waals surface area (Å²) in [7, 11) is 0. The van der Waals surface area contributed by atoms with Gasteiger partial charge in [0.1, 0.15) is 5.69 Å². The van der Waals surface area contributed by atoms with Gasteiger partial charge in [0.2, 0.25) is 11.1 Å². The predicted molar refractivity (Wildman–Crippen MR) is 78.3 cm³/mol. The number of nitro groups is 1. The van der Waals surface area contributed by atoms with E-state index in [-0.39, 0.29) is 17.0 Å². The SMILES string of the molecule is CCC1CCCCCN1c1nc(Cl)nc(C)c1[N+](=O)[O-]. The van der Waals surface area contributed by atoms with Crippen molar-refractivity contribution in [3.63, 3.8) is 0 Å². The molecule has 2 heterocycles. The number of hydrogen-bond acceptors (Lipinski definition) is 5. The molecule has 0 radical (unpaired) electrons. The molecule has 6 nitrogen and oxygen atoms in total. The summed E-state index contributed by atoms with van der Waals surface area (Å²) in [5, 5.41) is 11.4. The van der Waals surface area contributed by atoms with Crippen LogP contribution in [-0.2, 0) is 0 Å². The first kappa shape index (κ1) is 15.0. The van der Waals surface area contributed by atoms with Gasteiger partial charge in [-0.05, 0) is 37.8 Å². The van der Waals surface area contributed by atoms with E-state index in [1.807, 2.05) is 4.90 Å². The summed E-state index contributed by atoms with van der Waals surface area (Å²) in [5.41, 5.74) is 0.304. The largest absolute Gasteiger partial charge is 0.348 e. The van der Waals surface area contributed by atoms with Crippen molar-refractivity contribution in [1.82, 2.24) is 9.97 Å². The van der Waals surface area contributed by atoms with Gasteiger partial charge < -0.3 is 4.90 Å². The molecule has 1 aromatic rings. The van der Waals surface area contributed by atoms with Crippen molar-refractivity contribution in [2.75, 3.05) is 11.4 Å². The summed E-state index contributed by atoms with van der Waals surface area (Å²) in [6, 6.07) is 0.279. The number of anilines is 1. The van der Waals surface area contributed by atoms with E-state index in [0.29, 0.717) is 11.5 Å². The summed E-state index contributed by atoms with van der Waals surface area (Å²) in [5.74, 6) is 0.376. The molecule has 0 spiro atoms. The fourth-order valence-corrected chi connectivity index (χ4v) is 3.02. The first-order valence-corrected chi connectivity index (χ1v) is 7.37. The predicted octanol–water partition coefficient (Wildman–Crippen LogP) is 3.51. The fraction of sp³-hybridized carbons (Fsp3) is 0.692. The lowest BCUT2D eigenvalue weighted by Crippen LogP contribution is -2.35. The smallest absolute Gasteiger partial charge is 0.332 e. The van der Waals surface area contributed by atoms with E-state index < -0.39 is 4.92 Å². The summed E-state index contributed by atoms with van der Waals surface area (Å²) in [6.07, 6.45) is 5.31. The van der Waals surface area contributed by atoms with Crippen LogP contribution in [0.1, 0.15) is 44.7 Å². The maximum absolute atomic E-state index is 11.3. The van der Waals surface area contributed by atoms with Gasteiger partial charge in [-0.15, -0.1) is 0 Å². The number of halogens is 1. The minimum Gasteiger partial charge on any atom is -0.348 e. The second kappa shape index (κ2) is 6.35. The van der Waals surface area contributed by atoms with Gasteiger partial charge in [-0.25, -0.2) is 4.98 Å². The van der Waals surface area contributed by atoms with Gasteiger partial charge in [0.15, 0.2) is 0 Å². The Bertz CT molecular complexity index is 509. The van der Waals surface area contributed by atoms with Crippen LogP contribution in [0, 0.1) is 17.0 Å². The second-order valence-electron chi connectivity index (χ2n) is 5.11. The van der Waals surface area contributed by atoms with E-state index in [2.05, 4.69) is 16.9 Å². The van der Waals surface area contributed by atoms with Crippen LogP contribution in [0.15, 0.2) is 0 Å². The minimum atomic E-state index is -0.404. The molecular formula is C13H19ClN4O2. The second-order valence-corrected chi connectivity index (χ2v) is 5.45. The molecule has 1 aromatic heterocycles. The Balaban J connectivity index is 2.50. The van der Waals surface area contributed by atoms with Crippen molar-refractivity contribution < 1.29 is 4.92 Å². The van der Waals surface area contributed by atoms with E-state index in [9.17, 15) is 10.1 Å². The van der Waals surface area contributed by atoms with Crippen LogP contribution in [0.3, 0.4) is 0 Å². The molecule has 1 aliphatic rings. The zero-order valence-electron chi connectivity index (χ0n) is 11.8. The van der Waals surface area contributed by atoms with Crippen molar-refractivity contribution in [2.24, 2.45) is 0 Å². The van der Waals surface area contributed by atoms with Crippen LogP contribution in [0.25, 0.3) is 0 Å². The molecule has 0 bridgehead atoms. The minimum absolute atomic E-state index is 0.0187. The van der Waals surface area contributed by atoms with Crippen LogP contribution < -0.4 is 4.90 Å². The summed E-state index contributed by atoms with van der Waals surface area (Å²) < 4.78 is 0. The lowest BCUT2D eigenvalue weighted by molar-refractivity contribution is -0.385. The van der Waals surface area contributed by atoms with Crippen LogP contribution in [0.2, 0.25) is 5.28 Å². The molecule has 1 aliphatic heterocycles. The third-order valence-corrected chi connectivity index (χ3v) is 3.98. The first-order valence-electron chi connectivity index (χ1n) is 6.99. The van der Waals surface area contributed by atoms with Crippen molar-refractivity contribution in [3.05, 3.63) is 21.1 Å². The molecule has 2 rings (SSSR count). The molecule has 1 fully saturated rings. The third-order valence-electron chi connectivity index (χ3n) is 3.82. The number of aromatic nitrogens is 2. The number of nitrogens with zero attached hydrogens (tertiary/aromatic N) is 4. The molecule has 0 N–H and O–H groups in total. The molecule has 0 amide bonds. The average Bonchev–Trinajstić information content (AvgIpc) is 2.61. The highest BCUT2D eigenvalue weighted by Crippen LogP contribution is 2.34. The van der Waals surface area contributed by atoms with Crippen molar-refractivity contribution in [3.8, 4) is 0 Å².